The van der Waals surface area contributed by atoms with E-state index in [-0.39, 0.29) is 0 Å². The van der Waals surface area contributed by atoms with Crippen LogP contribution >= 0.6 is 11.3 Å². The van der Waals surface area contributed by atoms with E-state index in [1.807, 2.05) is 45.0 Å². The quantitative estimate of drug-likeness (QED) is 0.929. The molecule has 2 aromatic rings. The molecule has 4 heteroatoms. The Hall–Kier alpha value is -1.68. The lowest BCUT2D eigenvalue weighted by molar-refractivity contribution is -0.138. The minimum absolute atomic E-state index is 0.456. The van der Waals surface area contributed by atoms with E-state index in [2.05, 4.69) is 4.98 Å². The van der Waals surface area contributed by atoms with Gasteiger partial charge in [0.1, 0.15) is 0 Å². The van der Waals surface area contributed by atoms with Crippen molar-refractivity contribution < 1.29 is 9.90 Å². The van der Waals surface area contributed by atoms with Crippen LogP contribution in [0.3, 0.4) is 0 Å². The molecule has 0 radical (unpaired) electrons. The Labute approximate surface area is 116 Å². The fourth-order valence-corrected chi connectivity index (χ4v) is 2.93. The topological polar surface area (TPSA) is 50.2 Å². The Morgan fingerprint density at radius 3 is 2.37 bits per heavy atom. The highest BCUT2D eigenvalue weighted by Gasteiger charge is 2.22. The molecule has 0 saturated carbocycles. The van der Waals surface area contributed by atoms with E-state index in [4.69, 9.17) is 0 Å². The molecule has 100 valence electrons. The highest BCUT2D eigenvalue weighted by atomic mass is 32.1. The molecule has 0 aliphatic heterocycles. The third kappa shape index (κ3) is 3.20. The van der Waals surface area contributed by atoms with Crippen molar-refractivity contribution in [1.82, 2.24) is 4.98 Å². The molecular formula is C15H17NO2S. The SMILES string of the molecule is Cc1ccc(C(Cc2nc(C)c(C)s2)C(=O)O)cc1. The van der Waals surface area contributed by atoms with Crippen molar-refractivity contribution in [3.8, 4) is 0 Å². The minimum Gasteiger partial charge on any atom is -0.481 e. The molecule has 0 aliphatic rings. The summed E-state index contributed by atoms with van der Waals surface area (Å²) < 4.78 is 0. The van der Waals surface area contributed by atoms with Gasteiger partial charge in [0.25, 0.3) is 0 Å². The van der Waals surface area contributed by atoms with E-state index < -0.39 is 11.9 Å². The monoisotopic (exact) mass is 275 g/mol. The maximum absolute atomic E-state index is 11.5. The van der Waals surface area contributed by atoms with Crippen molar-refractivity contribution in [2.24, 2.45) is 0 Å². The molecule has 0 bridgehead atoms. The number of carboxylic acid groups (broad SMARTS) is 1. The molecule has 2 rings (SSSR count). The molecule has 1 N–H and O–H groups in total. The first-order valence-electron chi connectivity index (χ1n) is 6.19. The van der Waals surface area contributed by atoms with Gasteiger partial charge in [-0.25, -0.2) is 4.98 Å². The van der Waals surface area contributed by atoms with Gasteiger partial charge in [0, 0.05) is 11.3 Å². The molecule has 19 heavy (non-hydrogen) atoms. The van der Waals surface area contributed by atoms with Gasteiger partial charge < -0.3 is 5.11 Å². The standard InChI is InChI=1S/C15H17NO2S/c1-9-4-6-12(7-5-9)13(15(17)18)8-14-16-10(2)11(3)19-14/h4-7,13H,8H2,1-3H3,(H,17,18). The van der Waals surface area contributed by atoms with Crippen LogP contribution in [0.25, 0.3) is 0 Å². The first kappa shape index (κ1) is 13.7. The van der Waals surface area contributed by atoms with Gasteiger partial charge in [0.05, 0.1) is 16.6 Å². The van der Waals surface area contributed by atoms with E-state index in [1.165, 1.54) is 0 Å². The summed E-state index contributed by atoms with van der Waals surface area (Å²) >= 11 is 1.58. The Bertz CT molecular complexity index is 567. The minimum atomic E-state index is -0.797. The van der Waals surface area contributed by atoms with Crippen molar-refractivity contribution in [2.75, 3.05) is 0 Å². The molecule has 1 atom stereocenters. The van der Waals surface area contributed by atoms with Crippen LogP contribution in [-0.2, 0) is 11.2 Å². The fraction of sp³-hybridized carbons (Fsp3) is 0.333. The van der Waals surface area contributed by atoms with Gasteiger partial charge in [-0.05, 0) is 26.3 Å². The second-order valence-corrected chi connectivity index (χ2v) is 6.04. The molecule has 3 nitrogen and oxygen atoms in total. The zero-order valence-corrected chi connectivity index (χ0v) is 12.1. The van der Waals surface area contributed by atoms with Crippen molar-refractivity contribution in [3.63, 3.8) is 0 Å². The number of rotatable bonds is 4. The van der Waals surface area contributed by atoms with Gasteiger partial charge in [0.15, 0.2) is 0 Å². The summed E-state index contributed by atoms with van der Waals surface area (Å²) in [5.74, 6) is -1.32. The molecule has 0 amide bonds. The molecule has 0 aliphatic carbocycles. The zero-order chi connectivity index (χ0) is 14.0. The van der Waals surface area contributed by atoms with E-state index in [9.17, 15) is 9.90 Å². The zero-order valence-electron chi connectivity index (χ0n) is 11.3. The van der Waals surface area contributed by atoms with Crippen molar-refractivity contribution >= 4 is 17.3 Å². The van der Waals surface area contributed by atoms with E-state index in [0.717, 1.165) is 26.7 Å². The average molecular weight is 275 g/mol. The van der Waals surface area contributed by atoms with Crippen LogP contribution in [0.4, 0.5) is 0 Å². The van der Waals surface area contributed by atoms with Crippen molar-refractivity contribution in [3.05, 3.63) is 51.0 Å². The smallest absolute Gasteiger partial charge is 0.311 e. The number of carboxylic acids is 1. The summed E-state index contributed by atoms with van der Waals surface area (Å²) in [6.45, 7) is 5.96. The highest BCUT2D eigenvalue weighted by Crippen LogP contribution is 2.25. The van der Waals surface area contributed by atoms with Gasteiger partial charge in [-0.3, -0.25) is 4.79 Å². The average Bonchev–Trinajstić information content (AvgIpc) is 2.67. The van der Waals surface area contributed by atoms with Gasteiger partial charge in [-0.2, -0.15) is 0 Å². The van der Waals surface area contributed by atoms with Gasteiger partial charge in [0.2, 0.25) is 0 Å². The molecule has 1 aromatic heterocycles. The summed E-state index contributed by atoms with van der Waals surface area (Å²) in [6.07, 6.45) is 0.456. The second-order valence-electron chi connectivity index (χ2n) is 4.75. The van der Waals surface area contributed by atoms with Crippen LogP contribution in [0, 0.1) is 20.8 Å². The third-order valence-corrected chi connectivity index (χ3v) is 4.32. The molecule has 0 saturated heterocycles. The molecule has 1 aromatic carbocycles. The largest absolute Gasteiger partial charge is 0.481 e. The Morgan fingerprint density at radius 1 is 1.26 bits per heavy atom. The summed E-state index contributed by atoms with van der Waals surface area (Å²) in [5.41, 5.74) is 2.96. The number of thiazole rings is 1. The Kier molecular flexibility index (Phi) is 4.00. The van der Waals surface area contributed by atoms with Crippen LogP contribution in [0.2, 0.25) is 0 Å². The molecular weight excluding hydrogens is 258 g/mol. The summed E-state index contributed by atoms with van der Waals surface area (Å²) in [6, 6.07) is 7.68. The maximum atomic E-state index is 11.5. The lowest BCUT2D eigenvalue weighted by Gasteiger charge is -2.11. The van der Waals surface area contributed by atoms with E-state index in [1.54, 1.807) is 11.3 Å². The van der Waals surface area contributed by atoms with E-state index in [0.29, 0.717) is 6.42 Å². The molecule has 1 unspecified atom stereocenters. The normalized spacial score (nSPS) is 12.4. The summed E-state index contributed by atoms with van der Waals surface area (Å²) in [5, 5.41) is 10.3. The van der Waals surface area contributed by atoms with Gasteiger partial charge in [-0.15, -0.1) is 11.3 Å². The summed E-state index contributed by atoms with van der Waals surface area (Å²) in [4.78, 5) is 17.0. The second kappa shape index (κ2) is 5.53. The summed E-state index contributed by atoms with van der Waals surface area (Å²) in [7, 11) is 0. The number of nitrogens with zero attached hydrogens (tertiary/aromatic N) is 1. The Morgan fingerprint density at radius 2 is 1.89 bits per heavy atom. The van der Waals surface area contributed by atoms with Crippen molar-refractivity contribution in [2.45, 2.75) is 33.1 Å². The van der Waals surface area contributed by atoms with Gasteiger partial charge >= 0.3 is 5.97 Å². The lowest BCUT2D eigenvalue weighted by atomic mass is 9.95. The number of aromatic nitrogens is 1. The van der Waals surface area contributed by atoms with E-state index >= 15 is 0 Å². The van der Waals surface area contributed by atoms with Crippen LogP contribution in [0.15, 0.2) is 24.3 Å². The number of hydrogen-bond donors (Lipinski definition) is 1. The van der Waals surface area contributed by atoms with Crippen LogP contribution in [-0.4, -0.2) is 16.1 Å². The fourth-order valence-electron chi connectivity index (χ4n) is 1.95. The highest BCUT2D eigenvalue weighted by molar-refractivity contribution is 7.11. The first-order valence-corrected chi connectivity index (χ1v) is 7.01. The third-order valence-electron chi connectivity index (χ3n) is 3.23. The Balaban J connectivity index is 2.26. The number of benzene rings is 1. The van der Waals surface area contributed by atoms with Crippen LogP contribution < -0.4 is 0 Å². The number of carbonyl (C=O) groups is 1. The first-order chi connectivity index (χ1) is 8.97. The maximum Gasteiger partial charge on any atom is 0.311 e. The molecule has 1 heterocycles. The number of aliphatic carboxylic acids is 1. The number of hydrogen-bond acceptors (Lipinski definition) is 3. The molecule has 0 fully saturated rings. The predicted octanol–water partition coefficient (Wildman–Crippen LogP) is 3.48. The lowest BCUT2D eigenvalue weighted by Crippen LogP contribution is -2.14. The van der Waals surface area contributed by atoms with Crippen molar-refractivity contribution in [1.29, 1.82) is 0 Å². The van der Waals surface area contributed by atoms with Crippen LogP contribution in [0.1, 0.15) is 32.6 Å². The predicted molar refractivity (Wildman–Crippen MR) is 76.8 cm³/mol. The number of aryl methyl sites for hydroxylation is 3. The van der Waals surface area contributed by atoms with Gasteiger partial charge in [-0.1, -0.05) is 29.8 Å². The molecule has 0 spiro atoms. The van der Waals surface area contributed by atoms with Crippen LogP contribution in [0.5, 0.6) is 0 Å².